The molecule has 1 fully saturated rings. The molecule has 4 aromatic carbocycles. The summed E-state index contributed by atoms with van der Waals surface area (Å²) in [6.45, 7) is 3.16. The summed E-state index contributed by atoms with van der Waals surface area (Å²) in [6.07, 6.45) is -3.20. The fourth-order valence-electron chi connectivity index (χ4n) is 4.71. The number of ether oxygens (including phenoxy) is 3. The van der Waals surface area contributed by atoms with Crippen LogP contribution in [0.2, 0.25) is 0 Å². The normalized spacial score (nSPS) is 17.7. The Morgan fingerprint density at radius 1 is 0.780 bits per heavy atom. The molecule has 41 heavy (non-hydrogen) atoms. The smallest absolute Gasteiger partial charge is 0.426 e. The maximum Gasteiger partial charge on any atom is 0.427 e. The van der Waals surface area contributed by atoms with Crippen molar-refractivity contribution in [1.29, 1.82) is 0 Å². The molecule has 4 aromatic rings. The molecule has 0 aliphatic carbocycles. The van der Waals surface area contributed by atoms with Crippen molar-refractivity contribution < 1.29 is 49.3 Å². The molecule has 5 rings (SSSR count). The fourth-order valence-corrected chi connectivity index (χ4v) is 4.71. The van der Waals surface area contributed by atoms with E-state index in [2.05, 4.69) is 11.7 Å². The fraction of sp³-hybridized carbons (Fsp3) is 0.267. The predicted molar refractivity (Wildman–Crippen MR) is 133 cm³/mol. The lowest BCUT2D eigenvalue weighted by Crippen LogP contribution is -2.26. The third-order valence-corrected chi connectivity index (χ3v) is 6.80. The molecule has 3 nitrogen and oxygen atoms in total. The van der Waals surface area contributed by atoms with Gasteiger partial charge in [0, 0.05) is 17.0 Å². The highest BCUT2D eigenvalue weighted by Crippen LogP contribution is 2.39. The predicted octanol–water partition coefficient (Wildman–Crippen LogP) is 8.93. The standard InChI is InChI=1S/C30H22F8O3/c1-2-3-15-13-39-29(40-14-15)17-6-4-16(5-7-17)20-9-8-18-10-23(27(35)28(36)24(18)25(20)33)41-30(37,38)19-11-21(31)26(34)22(32)12-19/h4-12,15,29H,2-3,13-14H2,1H3. The monoisotopic (exact) mass is 582 g/mol. The van der Waals surface area contributed by atoms with Crippen LogP contribution in [0, 0.1) is 40.8 Å². The average Bonchev–Trinajstić information content (AvgIpc) is 2.95. The van der Waals surface area contributed by atoms with Gasteiger partial charge >= 0.3 is 6.11 Å². The molecule has 1 heterocycles. The molecule has 1 aliphatic heterocycles. The van der Waals surface area contributed by atoms with E-state index in [0.29, 0.717) is 36.3 Å². The molecule has 0 atom stereocenters. The van der Waals surface area contributed by atoms with Gasteiger partial charge in [0.05, 0.1) is 24.2 Å². The van der Waals surface area contributed by atoms with Gasteiger partial charge in [-0.1, -0.05) is 49.7 Å². The average molecular weight is 582 g/mol. The summed E-state index contributed by atoms with van der Waals surface area (Å²) < 4.78 is 130. The van der Waals surface area contributed by atoms with Crippen molar-refractivity contribution in [3.05, 3.63) is 101 Å². The van der Waals surface area contributed by atoms with E-state index in [9.17, 15) is 26.3 Å². The summed E-state index contributed by atoms with van der Waals surface area (Å²) in [4.78, 5) is 0. The van der Waals surface area contributed by atoms with Crippen LogP contribution < -0.4 is 4.74 Å². The molecule has 0 unspecified atom stereocenters. The Hall–Kier alpha value is -3.70. The number of rotatable bonds is 7. The number of hydrogen-bond donors (Lipinski definition) is 0. The first kappa shape index (κ1) is 28.8. The van der Waals surface area contributed by atoms with Crippen LogP contribution in [-0.2, 0) is 15.6 Å². The maximum absolute atomic E-state index is 15.5. The molecule has 0 spiro atoms. The van der Waals surface area contributed by atoms with Crippen LogP contribution in [0.25, 0.3) is 21.9 Å². The first-order valence-corrected chi connectivity index (χ1v) is 12.7. The van der Waals surface area contributed by atoms with Gasteiger partial charge in [-0.3, -0.25) is 0 Å². The van der Waals surface area contributed by atoms with Crippen molar-refractivity contribution >= 4 is 10.8 Å². The summed E-state index contributed by atoms with van der Waals surface area (Å²) in [5, 5.41) is -1.14. The van der Waals surface area contributed by atoms with E-state index in [0.717, 1.165) is 12.8 Å². The summed E-state index contributed by atoms with van der Waals surface area (Å²) in [7, 11) is 0. The van der Waals surface area contributed by atoms with Gasteiger partial charge in [0.15, 0.2) is 35.3 Å². The molecule has 0 aromatic heterocycles. The maximum atomic E-state index is 15.5. The van der Waals surface area contributed by atoms with Crippen LogP contribution in [0.5, 0.6) is 5.75 Å². The second-order valence-corrected chi connectivity index (χ2v) is 9.68. The van der Waals surface area contributed by atoms with Gasteiger partial charge in [0.1, 0.15) is 5.82 Å². The number of halogens is 8. The van der Waals surface area contributed by atoms with Gasteiger partial charge < -0.3 is 14.2 Å². The topological polar surface area (TPSA) is 27.7 Å². The van der Waals surface area contributed by atoms with Crippen molar-refractivity contribution in [2.75, 3.05) is 13.2 Å². The van der Waals surface area contributed by atoms with Crippen molar-refractivity contribution in [1.82, 2.24) is 0 Å². The molecule has 0 N–H and O–H groups in total. The van der Waals surface area contributed by atoms with E-state index in [1.54, 1.807) is 24.3 Å². The van der Waals surface area contributed by atoms with E-state index < -0.39 is 64.0 Å². The largest absolute Gasteiger partial charge is 0.427 e. The van der Waals surface area contributed by atoms with E-state index in [4.69, 9.17) is 9.47 Å². The number of benzene rings is 4. The molecular formula is C30H22F8O3. The summed E-state index contributed by atoms with van der Waals surface area (Å²) in [6, 6.07) is 9.38. The zero-order valence-electron chi connectivity index (χ0n) is 21.4. The van der Waals surface area contributed by atoms with Crippen molar-refractivity contribution in [2.24, 2.45) is 5.92 Å². The molecule has 1 aliphatic rings. The Morgan fingerprint density at radius 2 is 1.41 bits per heavy atom. The Bertz CT molecular complexity index is 1560. The molecule has 216 valence electrons. The van der Waals surface area contributed by atoms with Crippen molar-refractivity contribution in [2.45, 2.75) is 32.2 Å². The van der Waals surface area contributed by atoms with Crippen LogP contribution in [0.3, 0.4) is 0 Å². The van der Waals surface area contributed by atoms with Crippen LogP contribution in [0.15, 0.2) is 54.6 Å². The zero-order valence-corrected chi connectivity index (χ0v) is 21.4. The van der Waals surface area contributed by atoms with E-state index in [1.807, 2.05) is 0 Å². The Labute approximate surface area is 229 Å². The van der Waals surface area contributed by atoms with Crippen LogP contribution in [0.4, 0.5) is 35.1 Å². The van der Waals surface area contributed by atoms with Crippen molar-refractivity contribution in [3.8, 4) is 16.9 Å². The second kappa shape index (κ2) is 11.3. The quantitative estimate of drug-likeness (QED) is 0.161. The van der Waals surface area contributed by atoms with Gasteiger partial charge in [-0.15, -0.1) is 0 Å². The minimum atomic E-state index is -4.60. The summed E-state index contributed by atoms with van der Waals surface area (Å²) >= 11 is 0. The Balaban J connectivity index is 1.42. The Morgan fingerprint density at radius 3 is 2.02 bits per heavy atom. The SMILES string of the molecule is CCCC1COC(c2ccc(-c3ccc4cc(OC(F)(F)c5cc(F)c(F)c(F)c5)c(F)c(F)c4c3F)cc2)OC1. The third kappa shape index (κ3) is 5.60. The lowest BCUT2D eigenvalue weighted by Gasteiger charge is -2.29. The van der Waals surface area contributed by atoms with Gasteiger partial charge in [-0.05, 0) is 35.6 Å². The van der Waals surface area contributed by atoms with Gasteiger partial charge in [-0.25, -0.2) is 22.0 Å². The molecule has 11 heteroatoms. The molecule has 0 bridgehead atoms. The lowest BCUT2D eigenvalue weighted by atomic mass is 9.98. The van der Waals surface area contributed by atoms with E-state index in [1.165, 1.54) is 12.1 Å². The number of fused-ring (bicyclic) bond motifs is 1. The third-order valence-electron chi connectivity index (χ3n) is 6.80. The number of hydrogen-bond acceptors (Lipinski definition) is 3. The van der Waals surface area contributed by atoms with Gasteiger partial charge in [-0.2, -0.15) is 13.2 Å². The van der Waals surface area contributed by atoms with E-state index >= 15 is 8.78 Å². The number of alkyl halides is 2. The molecule has 0 saturated carbocycles. The second-order valence-electron chi connectivity index (χ2n) is 9.68. The highest BCUT2D eigenvalue weighted by molar-refractivity contribution is 5.90. The molecule has 1 saturated heterocycles. The first-order chi connectivity index (χ1) is 19.5. The minimum Gasteiger partial charge on any atom is -0.426 e. The lowest BCUT2D eigenvalue weighted by molar-refractivity contribution is -0.206. The van der Waals surface area contributed by atoms with Gasteiger partial charge in [0.2, 0.25) is 5.82 Å². The summed E-state index contributed by atoms with van der Waals surface area (Å²) in [5.74, 6) is -11.8. The molecular weight excluding hydrogens is 560 g/mol. The zero-order chi connectivity index (χ0) is 29.5. The van der Waals surface area contributed by atoms with Gasteiger partial charge in [0.25, 0.3) is 0 Å². The summed E-state index contributed by atoms with van der Waals surface area (Å²) in [5.41, 5.74) is -0.568. The highest BCUT2D eigenvalue weighted by atomic mass is 19.3. The first-order valence-electron chi connectivity index (χ1n) is 12.7. The highest BCUT2D eigenvalue weighted by Gasteiger charge is 2.38. The molecule has 0 radical (unpaired) electrons. The van der Waals surface area contributed by atoms with Crippen LogP contribution in [-0.4, -0.2) is 13.2 Å². The van der Waals surface area contributed by atoms with Crippen molar-refractivity contribution in [3.63, 3.8) is 0 Å². The Kier molecular flexibility index (Phi) is 7.93. The minimum absolute atomic E-state index is 0.0410. The van der Waals surface area contributed by atoms with Crippen LogP contribution in [0.1, 0.15) is 37.2 Å². The molecule has 0 amide bonds. The van der Waals surface area contributed by atoms with E-state index in [-0.39, 0.29) is 23.1 Å². The van der Waals surface area contributed by atoms with Crippen LogP contribution >= 0.6 is 0 Å².